The fourth-order valence-corrected chi connectivity index (χ4v) is 2.65. The third kappa shape index (κ3) is 4.40. The highest BCUT2D eigenvalue weighted by Gasteiger charge is 2.34. The molecule has 0 bridgehead atoms. The smallest absolute Gasteiger partial charge is 0.322 e. The third-order valence-corrected chi connectivity index (χ3v) is 4.23. The van der Waals surface area contributed by atoms with Crippen LogP contribution in [-0.2, 0) is 9.59 Å². The summed E-state index contributed by atoms with van der Waals surface area (Å²) in [5, 5.41) is 8.05. The molecule has 136 valence electrons. The fraction of sp³-hybridized carbons (Fsp3) is 0.471. The van der Waals surface area contributed by atoms with Crippen molar-refractivity contribution in [3.8, 4) is 0 Å². The standard InChI is InChI=1S/C17H25N5O3/c1-11-5-6-12(21(3)4)9-13(11)20-17(25)22-8-7-19-16(24)14(22)10-15(23)18-2/h5-6,9,14H,7-8,10H2,1-4H3,(H,18,23)(H,19,24)(H,20,25)/t14-/m0/s1. The molecule has 2 rings (SSSR count). The number of amides is 4. The molecule has 0 aliphatic carbocycles. The lowest BCUT2D eigenvalue weighted by atomic mass is 10.1. The van der Waals surface area contributed by atoms with Crippen LogP contribution in [0.4, 0.5) is 16.2 Å². The number of benzene rings is 1. The third-order valence-electron chi connectivity index (χ3n) is 4.23. The molecule has 3 N–H and O–H groups in total. The summed E-state index contributed by atoms with van der Waals surface area (Å²) in [4.78, 5) is 39.8. The van der Waals surface area contributed by atoms with Crippen LogP contribution in [0.2, 0.25) is 0 Å². The van der Waals surface area contributed by atoms with Crippen molar-refractivity contribution in [2.45, 2.75) is 19.4 Å². The van der Waals surface area contributed by atoms with Crippen molar-refractivity contribution in [2.24, 2.45) is 0 Å². The average molecular weight is 347 g/mol. The van der Waals surface area contributed by atoms with E-state index in [0.29, 0.717) is 18.8 Å². The summed E-state index contributed by atoms with van der Waals surface area (Å²) in [7, 11) is 5.35. The molecule has 1 atom stereocenters. The van der Waals surface area contributed by atoms with Gasteiger partial charge < -0.3 is 25.8 Å². The highest BCUT2D eigenvalue weighted by Crippen LogP contribution is 2.23. The quantitative estimate of drug-likeness (QED) is 0.741. The number of carbonyl (C=O) groups excluding carboxylic acids is 3. The van der Waals surface area contributed by atoms with Gasteiger partial charge in [0.05, 0.1) is 6.42 Å². The Morgan fingerprint density at radius 2 is 2.08 bits per heavy atom. The molecule has 0 spiro atoms. The number of hydrogen-bond donors (Lipinski definition) is 3. The van der Waals surface area contributed by atoms with Crippen LogP contribution in [0.1, 0.15) is 12.0 Å². The molecule has 8 nitrogen and oxygen atoms in total. The number of anilines is 2. The summed E-state index contributed by atoms with van der Waals surface area (Å²) < 4.78 is 0. The molecule has 0 aromatic heterocycles. The summed E-state index contributed by atoms with van der Waals surface area (Å²) in [6.45, 7) is 2.62. The number of carbonyl (C=O) groups is 3. The SMILES string of the molecule is CNC(=O)C[C@H]1C(=O)NCCN1C(=O)Nc1cc(N(C)C)ccc1C. The zero-order chi connectivity index (χ0) is 18.6. The Bertz CT molecular complexity index is 674. The van der Waals surface area contributed by atoms with Crippen molar-refractivity contribution in [1.29, 1.82) is 0 Å². The molecule has 1 aromatic rings. The molecule has 1 fully saturated rings. The second-order valence-electron chi connectivity index (χ2n) is 6.20. The lowest BCUT2D eigenvalue weighted by Crippen LogP contribution is -2.59. The molecule has 1 aliphatic rings. The van der Waals surface area contributed by atoms with Gasteiger partial charge >= 0.3 is 6.03 Å². The Hall–Kier alpha value is -2.77. The number of aryl methyl sites for hydroxylation is 1. The number of nitrogens with zero attached hydrogens (tertiary/aromatic N) is 2. The number of piperazine rings is 1. The molecular formula is C17H25N5O3. The van der Waals surface area contributed by atoms with Crippen molar-refractivity contribution in [1.82, 2.24) is 15.5 Å². The van der Waals surface area contributed by atoms with Gasteiger partial charge in [0.25, 0.3) is 0 Å². The van der Waals surface area contributed by atoms with E-state index in [1.165, 1.54) is 11.9 Å². The van der Waals surface area contributed by atoms with Gasteiger partial charge in [-0.1, -0.05) is 6.07 Å². The molecule has 25 heavy (non-hydrogen) atoms. The Labute approximate surface area is 147 Å². The molecule has 0 radical (unpaired) electrons. The van der Waals surface area contributed by atoms with Crippen LogP contribution in [0.25, 0.3) is 0 Å². The maximum absolute atomic E-state index is 12.7. The van der Waals surface area contributed by atoms with E-state index in [9.17, 15) is 14.4 Å². The first-order valence-electron chi connectivity index (χ1n) is 8.17. The Morgan fingerprint density at radius 1 is 1.36 bits per heavy atom. The van der Waals surface area contributed by atoms with Gasteiger partial charge in [-0.2, -0.15) is 0 Å². The van der Waals surface area contributed by atoms with Crippen LogP contribution in [0.15, 0.2) is 18.2 Å². The van der Waals surface area contributed by atoms with Crippen LogP contribution < -0.4 is 20.9 Å². The van der Waals surface area contributed by atoms with Gasteiger partial charge in [0.2, 0.25) is 11.8 Å². The van der Waals surface area contributed by atoms with Gasteiger partial charge in [-0.05, 0) is 24.6 Å². The molecule has 1 aliphatic heterocycles. The Morgan fingerprint density at radius 3 is 2.72 bits per heavy atom. The van der Waals surface area contributed by atoms with Gasteiger partial charge in [-0.15, -0.1) is 0 Å². The summed E-state index contributed by atoms with van der Waals surface area (Å²) in [6, 6.07) is 4.57. The highest BCUT2D eigenvalue weighted by molar-refractivity contribution is 5.97. The second kappa shape index (κ2) is 7.87. The van der Waals surface area contributed by atoms with Crippen molar-refractivity contribution < 1.29 is 14.4 Å². The molecule has 1 heterocycles. The first-order chi connectivity index (χ1) is 11.8. The molecule has 8 heteroatoms. The van der Waals surface area contributed by atoms with Crippen LogP contribution in [0, 0.1) is 6.92 Å². The van der Waals surface area contributed by atoms with Gasteiger partial charge in [-0.25, -0.2) is 4.79 Å². The maximum Gasteiger partial charge on any atom is 0.322 e. The summed E-state index contributed by atoms with van der Waals surface area (Å²) in [5.41, 5.74) is 2.56. The number of hydrogen-bond acceptors (Lipinski definition) is 4. The lowest BCUT2D eigenvalue weighted by Gasteiger charge is -2.34. The van der Waals surface area contributed by atoms with E-state index < -0.39 is 6.04 Å². The molecular weight excluding hydrogens is 322 g/mol. The van der Waals surface area contributed by atoms with E-state index in [1.54, 1.807) is 0 Å². The molecule has 4 amide bonds. The van der Waals surface area contributed by atoms with Gasteiger partial charge in [-0.3, -0.25) is 9.59 Å². The van der Waals surface area contributed by atoms with Crippen LogP contribution in [-0.4, -0.2) is 63.0 Å². The Balaban J connectivity index is 2.19. The highest BCUT2D eigenvalue weighted by atomic mass is 16.2. The van der Waals surface area contributed by atoms with E-state index >= 15 is 0 Å². The minimum atomic E-state index is -0.814. The largest absolute Gasteiger partial charge is 0.378 e. The first kappa shape index (κ1) is 18.6. The fourth-order valence-electron chi connectivity index (χ4n) is 2.65. The number of rotatable bonds is 4. The minimum Gasteiger partial charge on any atom is -0.378 e. The van der Waals surface area contributed by atoms with Crippen molar-refractivity contribution >= 4 is 29.2 Å². The summed E-state index contributed by atoms with van der Waals surface area (Å²) in [6.07, 6.45) is -0.0630. The summed E-state index contributed by atoms with van der Waals surface area (Å²) in [5.74, 6) is -0.602. The van der Waals surface area contributed by atoms with E-state index in [0.717, 1.165) is 11.3 Å². The van der Waals surface area contributed by atoms with Crippen molar-refractivity contribution in [3.63, 3.8) is 0 Å². The van der Waals surface area contributed by atoms with Gasteiger partial charge in [0.15, 0.2) is 0 Å². The van der Waals surface area contributed by atoms with Gasteiger partial charge in [0, 0.05) is 45.6 Å². The Kier molecular flexibility index (Phi) is 5.84. The first-order valence-corrected chi connectivity index (χ1v) is 8.17. The van der Waals surface area contributed by atoms with Crippen LogP contribution in [0.5, 0.6) is 0 Å². The molecule has 0 unspecified atom stereocenters. The average Bonchev–Trinajstić information content (AvgIpc) is 2.58. The van der Waals surface area contributed by atoms with Crippen molar-refractivity contribution in [2.75, 3.05) is 44.4 Å². The molecule has 1 saturated heterocycles. The van der Waals surface area contributed by atoms with E-state index in [4.69, 9.17) is 0 Å². The lowest BCUT2D eigenvalue weighted by molar-refractivity contribution is -0.132. The van der Waals surface area contributed by atoms with E-state index in [2.05, 4.69) is 16.0 Å². The van der Waals surface area contributed by atoms with Crippen molar-refractivity contribution in [3.05, 3.63) is 23.8 Å². The zero-order valence-corrected chi connectivity index (χ0v) is 15.0. The predicted molar refractivity (Wildman–Crippen MR) is 96.7 cm³/mol. The number of urea groups is 1. The predicted octanol–water partition coefficient (Wildman–Crippen LogP) is 0.529. The molecule has 0 saturated carbocycles. The van der Waals surface area contributed by atoms with E-state index in [-0.39, 0.29) is 24.3 Å². The van der Waals surface area contributed by atoms with Crippen LogP contribution >= 0.6 is 0 Å². The normalized spacial score (nSPS) is 16.9. The molecule has 1 aromatic carbocycles. The van der Waals surface area contributed by atoms with Crippen LogP contribution in [0.3, 0.4) is 0 Å². The second-order valence-corrected chi connectivity index (χ2v) is 6.20. The minimum absolute atomic E-state index is 0.0630. The number of nitrogens with one attached hydrogen (secondary N) is 3. The van der Waals surface area contributed by atoms with E-state index in [1.807, 2.05) is 44.1 Å². The zero-order valence-electron chi connectivity index (χ0n) is 15.0. The summed E-state index contributed by atoms with van der Waals surface area (Å²) >= 11 is 0. The van der Waals surface area contributed by atoms with Gasteiger partial charge in [0.1, 0.15) is 6.04 Å². The topological polar surface area (TPSA) is 93.8 Å². The maximum atomic E-state index is 12.7. The monoisotopic (exact) mass is 347 g/mol.